The topological polar surface area (TPSA) is 71.5 Å². The summed E-state index contributed by atoms with van der Waals surface area (Å²) in [4.78, 5) is 27.8. The maximum atomic E-state index is 12.9. The van der Waals surface area contributed by atoms with Gasteiger partial charge in [0.05, 0.1) is 5.56 Å². The molecule has 0 fully saturated rings. The number of benzene rings is 2. The minimum atomic E-state index is -4.50. The third kappa shape index (κ3) is 10.4. The average Bonchev–Trinajstić information content (AvgIpc) is 2.89. The van der Waals surface area contributed by atoms with E-state index in [-0.39, 0.29) is 23.2 Å². The number of alkyl halides is 5. The van der Waals surface area contributed by atoms with Gasteiger partial charge in [0.1, 0.15) is 17.3 Å². The molecule has 0 spiro atoms. The van der Waals surface area contributed by atoms with E-state index in [1.54, 1.807) is 12.2 Å². The molecule has 0 bridgehead atoms. The van der Waals surface area contributed by atoms with Crippen molar-refractivity contribution < 1.29 is 31.9 Å². The predicted octanol–water partition coefficient (Wildman–Crippen LogP) is 7.27. The number of hydrogen-bond donors (Lipinski definition) is 1. The Labute approximate surface area is 232 Å². The Hall–Kier alpha value is -3.89. The summed E-state index contributed by atoms with van der Waals surface area (Å²) >= 11 is 10.8. The van der Waals surface area contributed by atoms with Crippen LogP contribution in [0.25, 0.3) is 0 Å². The minimum absolute atomic E-state index is 0.0104. The SMILES string of the molecule is C=CCN(CC=C)C(=O)C(Cl)Cl.O=C(Nc1ccc(F)cc1)c1cccc(Oc2cccc(C(F)(F)F)c2)n1. The van der Waals surface area contributed by atoms with Crippen LogP contribution in [0.1, 0.15) is 16.1 Å². The Morgan fingerprint density at radius 3 is 2.18 bits per heavy atom. The number of halogens is 6. The number of rotatable bonds is 9. The minimum Gasteiger partial charge on any atom is -0.439 e. The molecule has 0 aliphatic heterocycles. The summed E-state index contributed by atoms with van der Waals surface area (Å²) in [5.74, 6) is -1.44. The predicted molar refractivity (Wildman–Crippen MR) is 143 cm³/mol. The van der Waals surface area contributed by atoms with Gasteiger partial charge in [-0.05, 0) is 48.5 Å². The van der Waals surface area contributed by atoms with Crippen LogP contribution in [0.3, 0.4) is 0 Å². The van der Waals surface area contributed by atoms with Crippen LogP contribution >= 0.6 is 23.2 Å². The monoisotopic (exact) mass is 583 g/mol. The van der Waals surface area contributed by atoms with E-state index in [4.69, 9.17) is 27.9 Å². The lowest BCUT2D eigenvalue weighted by Crippen LogP contribution is -2.35. The summed E-state index contributed by atoms with van der Waals surface area (Å²) in [6.45, 7) is 7.88. The molecule has 0 aliphatic rings. The van der Waals surface area contributed by atoms with E-state index >= 15 is 0 Å². The second kappa shape index (κ2) is 14.9. The fourth-order valence-corrected chi connectivity index (χ4v) is 3.16. The van der Waals surface area contributed by atoms with Crippen LogP contribution < -0.4 is 10.1 Å². The van der Waals surface area contributed by atoms with E-state index in [1.165, 1.54) is 59.5 Å². The number of pyridine rings is 1. The molecule has 39 heavy (non-hydrogen) atoms. The van der Waals surface area contributed by atoms with Gasteiger partial charge in [0.15, 0.2) is 4.84 Å². The van der Waals surface area contributed by atoms with Gasteiger partial charge >= 0.3 is 6.18 Å². The van der Waals surface area contributed by atoms with Crippen LogP contribution in [0, 0.1) is 5.82 Å². The molecule has 3 rings (SSSR count). The molecule has 0 saturated carbocycles. The summed E-state index contributed by atoms with van der Waals surface area (Å²) < 4.78 is 56.5. The molecule has 1 heterocycles. The van der Waals surface area contributed by atoms with Crippen molar-refractivity contribution in [3.63, 3.8) is 0 Å². The Bertz CT molecular complexity index is 1280. The van der Waals surface area contributed by atoms with Crippen molar-refractivity contribution in [1.29, 1.82) is 0 Å². The molecule has 2 amide bonds. The van der Waals surface area contributed by atoms with Crippen LogP contribution in [0.15, 0.2) is 92.0 Å². The van der Waals surface area contributed by atoms with Gasteiger partial charge in [0, 0.05) is 24.8 Å². The fourth-order valence-electron chi connectivity index (χ4n) is 2.89. The number of carbonyl (C=O) groups excluding carboxylic acids is 2. The number of anilines is 1. The largest absolute Gasteiger partial charge is 0.439 e. The van der Waals surface area contributed by atoms with E-state index in [2.05, 4.69) is 23.5 Å². The van der Waals surface area contributed by atoms with Gasteiger partial charge in [0.2, 0.25) is 5.88 Å². The van der Waals surface area contributed by atoms with Gasteiger partial charge in [-0.3, -0.25) is 9.59 Å². The highest BCUT2D eigenvalue weighted by Crippen LogP contribution is 2.32. The second-order valence-corrected chi connectivity index (χ2v) is 8.67. The highest BCUT2D eigenvalue weighted by molar-refractivity contribution is 6.53. The van der Waals surface area contributed by atoms with Crippen LogP contribution in [-0.2, 0) is 11.0 Å². The Kier molecular flexibility index (Phi) is 12.0. The Balaban J connectivity index is 0.000000377. The summed E-state index contributed by atoms with van der Waals surface area (Å²) in [6.07, 6.45) is -1.28. The third-order valence-electron chi connectivity index (χ3n) is 4.64. The normalized spacial score (nSPS) is 10.6. The van der Waals surface area contributed by atoms with Gasteiger partial charge in [-0.1, -0.05) is 47.5 Å². The number of aromatic nitrogens is 1. The van der Waals surface area contributed by atoms with E-state index in [0.717, 1.165) is 12.1 Å². The molecule has 12 heteroatoms. The quantitative estimate of drug-likeness (QED) is 0.163. The molecule has 0 saturated heterocycles. The van der Waals surface area contributed by atoms with Crippen molar-refractivity contribution in [1.82, 2.24) is 9.88 Å². The first-order valence-corrected chi connectivity index (χ1v) is 12.0. The summed E-state index contributed by atoms with van der Waals surface area (Å²) in [7, 11) is 0. The number of hydrogen-bond acceptors (Lipinski definition) is 4. The van der Waals surface area contributed by atoms with Gasteiger partial charge in [0.25, 0.3) is 11.8 Å². The van der Waals surface area contributed by atoms with Crippen LogP contribution in [0.4, 0.5) is 23.2 Å². The van der Waals surface area contributed by atoms with Crippen molar-refractivity contribution in [3.05, 3.63) is 109 Å². The highest BCUT2D eigenvalue weighted by Gasteiger charge is 2.30. The van der Waals surface area contributed by atoms with E-state index < -0.39 is 28.3 Å². The van der Waals surface area contributed by atoms with Gasteiger partial charge in [-0.2, -0.15) is 13.2 Å². The average molecular weight is 584 g/mol. The van der Waals surface area contributed by atoms with Crippen molar-refractivity contribution >= 4 is 40.7 Å². The molecule has 2 aromatic carbocycles. The Morgan fingerprint density at radius 2 is 1.62 bits per heavy atom. The van der Waals surface area contributed by atoms with E-state index in [9.17, 15) is 27.2 Å². The zero-order valence-corrected chi connectivity index (χ0v) is 21.8. The summed E-state index contributed by atoms with van der Waals surface area (Å²) in [6, 6.07) is 13.8. The zero-order chi connectivity index (χ0) is 29.0. The van der Waals surface area contributed by atoms with E-state index in [1.807, 2.05) is 0 Å². The maximum absolute atomic E-state index is 12.9. The molecule has 6 nitrogen and oxygen atoms in total. The van der Waals surface area contributed by atoms with Crippen molar-refractivity contribution in [2.75, 3.05) is 18.4 Å². The molecule has 0 unspecified atom stereocenters. The molecular formula is C27H23Cl2F4N3O3. The first-order chi connectivity index (χ1) is 18.4. The Morgan fingerprint density at radius 1 is 1.00 bits per heavy atom. The molecule has 0 radical (unpaired) electrons. The van der Waals surface area contributed by atoms with Gasteiger partial charge in [-0.15, -0.1) is 13.2 Å². The molecule has 0 atom stereocenters. The molecule has 3 aromatic rings. The van der Waals surface area contributed by atoms with Crippen LogP contribution in [0.2, 0.25) is 0 Å². The molecule has 1 aromatic heterocycles. The van der Waals surface area contributed by atoms with Gasteiger partial charge in [-0.25, -0.2) is 9.37 Å². The fraction of sp³-hybridized carbons (Fsp3) is 0.148. The van der Waals surface area contributed by atoms with Gasteiger partial charge < -0.3 is 15.0 Å². The number of carbonyl (C=O) groups is 2. The lowest BCUT2D eigenvalue weighted by Gasteiger charge is -2.19. The number of nitrogens with zero attached hydrogens (tertiary/aromatic N) is 2. The standard InChI is InChI=1S/C19H12F4N2O2.C8H11Cl2NO/c20-13-7-9-14(10-8-13)24-18(26)16-5-2-6-17(25-16)27-15-4-1-3-12(11-15)19(21,22)23;1-3-5-11(6-4-2)8(12)7(9)10/h1-11H,(H,24,26);3-4,7H,1-2,5-6H2. The van der Waals surface area contributed by atoms with Crippen LogP contribution in [-0.4, -0.2) is 39.6 Å². The molecule has 0 aliphatic carbocycles. The van der Waals surface area contributed by atoms with Crippen molar-refractivity contribution in [2.45, 2.75) is 11.0 Å². The lowest BCUT2D eigenvalue weighted by molar-refractivity contribution is -0.137. The zero-order valence-electron chi connectivity index (χ0n) is 20.3. The summed E-state index contributed by atoms with van der Waals surface area (Å²) in [5, 5.41) is 2.53. The number of ether oxygens (including phenoxy) is 1. The highest BCUT2D eigenvalue weighted by atomic mass is 35.5. The smallest absolute Gasteiger partial charge is 0.416 e. The second-order valence-electron chi connectivity index (χ2n) is 7.57. The molecule has 206 valence electrons. The van der Waals surface area contributed by atoms with Crippen molar-refractivity contribution in [3.8, 4) is 11.6 Å². The first kappa shape index (κ1) is 31.3. The number of amides is 2. The third-order valence-corrected chi connectivity index (χ3v) is 5.01. The van der Waals surface area contributed by atoms with Crippen LogP contribution in [0.5, 0.6) is 11.6 Å². The molecule has 1 N–H and O–H groups in total. The van der Waals surface area contributed by atoms with Crippen molar-refractivity contribution in [2.24, 2.45) is 0 Å². The maximum Gasteiger partial charge on any atom is 0.416 e. The summed E-state index contributed by atoms with van der Waals surface area (Å²) in [5.41, 5.74) is -0.499. The van der Waals surface area contributed by atoms with E-state index in [0.29, 0.717) is 18.8 Å². The lowest BCUT2D eigenvalue weighted by atomic mass is 10.2. The first-order valence-electron chi connectivity index (χ1n) is 11.1. The molecular weight excluding hydrogens is 561 g/mol. The number of nitrogens with one attached hydrogen (secondary N) is 1.